The van der Waals surface area contributed by atoms with Gasteiger partial charge >= 0.3 is 22.5 Å². The van der Waals surface area contributed by atoms with E-state index < -0.39 is 22.5 Å². The molecule has 0 aliphatic heterocycles. The summed E-state index contributed by atoms with van der Waals surface area (Å²) in [4.78, 5) is 44.4. The zero-order valence-corrected chi connectivity index (χ0v) is 7.76. The molecule has 1 aromatic heterocycles. The van der Waals surface area contributed by atoms with Crippen molar-refractivity contribution in [3.05, 3.63) is 65.9 Å². The molecule has 1 heterocycles. The van der Waals surface area contributed by atoms with E-state index in [4.69, 9.17) is 0 Å². The van der Waals surface area contributed by atoms with Crippen molar-refractivity contribution >= 4 is 10.8 Å². The first-order valence-corrected chi connectivity index (χ1v) is 4.21. The molecule has 1 aromatic carbocycles. The SMILES string of the molecule is O=c1oc(=O)c2ccccc2c(=O)oc1=O. The molecule has 0 saturated heterocycles. The van der Waals surface area contributed by atoms with Crippen LogP contribution in [0.1, 0.15) is 0 Å². The van der Waals surface area contributed by atoms with Crippen molar-refractivity contribution in [3.8, 4) is 0 Å². The van der Waals surface area contributed by atoms with Gasteiger partial charge in [-0.15, -0.1) is 0 Å². The molecule has 16 heavy (non-hydrogen) atoms. The summed E-state index contributed by atoms with van der Waals surface area (Å²) < 4.78 is 8.35. The average Bonchev–Trinajstić information content (AvgIpc) is 2.27. The monoisotopic (exact) mass is 220 g/mol. The predicted octanol–water partition coefficient (Wildman–Crippen LogP) is -0.533. The minimum atomic E-state index is -1.51. The van der Waals surface area contributed by atoms with Crippen LogP contribution in [0.15, 0.2) is 52.3 Å². The van der Waals surface area contributed by atoms with E-state index in [9.17, 15) is 19.2 Å². The fourth-order valence-electron chi connectivity index (χ4n) is 1.20. The summed E-state index contributed by atoms with van der Waals surface area (Å²) in [5, 5.41) is -0.235. The van der Waals surface area contributed by atoms with Crippen LogP contribution in [0, 0.1) is 0 Å². The first kappa shape index (κ1) is 10.0. The first-order valence-electron chi connectivity index (χ1n) is 4.21. The quantitative estimate of drug-likeness (QED) is 0.553. The summed E-state index contributed by atoms with van der Waals surface area (Å²) in [5.41, 5.74) is -5.11. The van der Waals surface area contributed by atoms with Gasteiger partial charge in [0.25, 0.3) is 0 Å². The van der Waals surface area contributed by atoms with Crippen molar-refractivity contribution in [2.24, 2.45) is 0 Å². The van der Waals surface area contributed by atoms with Crippen molar-refractivity contribution < 1.29 is 8.83 Å². The van der Waals surface area contributed by atoms with Gasteiger partial charge in [-0.2, -0.15) is 0 Å². The molecule has 0 aliphatic rings. The molecule has 0 atom stereocenters. The fourth-order valence-corrected chi connectivity index (χ4v) is 1.20. The van der Waals surface area contributed by atoms with E-state index in [0.717, 1.165) is 0 Å². The van der Waals surface area contributed by atoms with E-state index in [0.29, 0.717) is 0 Å². The molecule has 6 heteroatoms. The molecule has 0 N–H and O–H groups in total. The Balaban J connectivity index is 3.28. The Morgan fingerprint density at radius 3 is 1.38 bits per heavy atom. The lowest BCUT2D eigenvalue weighted by Crippen LogP contribution is -2.27. The van der Waals surface area contributed by atoms with E-state index >= 15 is 0 Å². The van der Waals surface area contributed by atoms with E-state index in [2.05, 4.69) is 8.83 Å². The first-order chi connectivity index (χ1) is 7.59. The molecular formula is C10H4O6. The summed E-state index contributed by atoms with van der Waals surface area (Å²) >= 11 is 0. The number of hydrogen-bond acceptors (Lipinski definition) is 6. The lowest BCUT2D eigenvalue weighted by molar-refractivity contribution is 0.407. The van der Waals surface area contributed by atoms with Gasteiger partial charge in [-0.25, -0.2) is 19.2 Å². The van der Waals surface area contributed by atoms with Crippen molar-refractivity contribution in [1.82, 2.24) is 0 Å². The summed E-state index contributed by atoms with van der Waals surface area (Å²) in [7, 11) is 0. The molecule has 0 fully saturated rings. The molecule has 0 unspecified atom stereocenters. The highest BCUT2D eigenvalue weighted by molar-refractivity contribution is 5.79. The molecule has 0 bridgehead atoms. The van der Waals surface area contributed by atoms with Crippen LogP contribution in [0.3, 0.4) is 0 Å². The van der Waals surface area contributed by atoms with Gasteiger partial charge in [-0.3, -0.25) is 0 Å². The van der Waals surface area contributed by atoms with Crippen molar-refractivity contribution in [2.45, 2.75) is 0 Å². The molecular weight excluding hydrogens is 216 g/mol. The Morgan fingerprint density at radius 1 is 0.625 bits per heavy atom. The summed E-state index contributed by atoms with van der Waals surface area (Å²) in [6.45, 7) is 0. The molecule has 0 amide bonds. The minimum absolute atomic E-state index is 0.117. The number of fused-ring (bicyclic) bond motifs is 1. The number of rotatable bonds is 0. The number of benzene rings is 1. The van der Waals surface area contributed by atoms with E-state index in [-0.39, 0.29) is 10.8 Å². The third-order valence-corrected chi connectivity index (χ3v) is 1.90. The van der Waals surface area contributed by atoms with Gasteiger partial charge in [-0.05, 0) is 12.1 Å². The van der Waals surface area contributed by atoms with Crippen LogP contribution in [0.5, 0.6) is 0 Å². The van der Waals surface area contributed by atoms with Gasteiger partial charge in [0.2, 0.25) is 0 Å². The second-order valence-corrected chi connectivity index (χ2v) is 2.90. The molecule has 0 spiro atoms. The van der Waals surface area contributed by atoms with Gasteiger partial charge in [0.05, 0.1) is 10.8 Å². The van der Waals surface area contributed by atoms with Crippen molar-refractivity contribution in [1.29, 1.82) is 0 Å². The van der Waals surface area contributed by atoms with Crippen LogP contribution in [0.2, 0.25) is 0 Å². The summed E-state index contributed by atoms with van der Waals surface area (Å²) in [5.74, 6) is 0. The highest BCUT2D eigenvalue weighted by Gasteiger charge is 2.04. The Labute approximate surface area is 86.4 Å². The van der Waals surface area contributed by atoms with Crippen LogP contribution in [0.25, 0.3) is 10.8 Å². The lowest BCUT2D eigenvalue weighted by atomic mass is 10.2. The Kier molecular flexibility index (Phi) is 2.24. The Bertz CT molecular complexity index is 715. The smallest absolute Gasteiger partial charge is 0.381 e. The van der Waals surface area contributed by atoms with E-state index in [1.807, 2.05) is 0 Å². The highest BCUT2D eigenvalue weighted by Crippen LogP contribution is 2.00. The van der Waals surface area contributed by atoms with Gasteiger partial charge < -0.3 is 8.83 Å². The van der Waals surface area contributed by atoms with Crippen LogP contribution in [-0.4, -0.2) is 0 Å². The third-order valence-electron chi connectivity index (χ3n) is 1.90. The van der Waals surface area contributed by atoms with Gasteiger partial charge in [0.15, 0.2) is 0 Å². The normalized spacial score (nSPS) is 10.2. The number of hydrogen-bond donors (Lipinski definition) is 0. The maximum absolute atomic E-state index is 11.4. The third kappa shape index (κ3) is 1.56. The standard InChI is InChI=1S/C10H4O6/c11-7-5-3-1-2-4-6(5)8(12)16-10(14)9(13)15-7/h1-4H. The molecule has 0 radical (unpaired) electrons. The van der Waals surface area contributed by atoms with Crippen LogP contribution in [-0.2, 0) is 0 Å². The molecule has 2 aromatic rings. The van der Waals surface area contributed by atoms with E-state index in [1.54, 1.807) is 0 Å². The average molecular weight is 220 g/mol. The van der Waals surface area contributed by atoms with E-state index in [1.165, 1.54) is 24.3 Å². The topological polar surface area (TPSA) is 94.6 Å². The second-order valence-electron chi connectivity index (χ2n) is 2.90. The van der Waals surface area contributed by atoms with Crippen LogP contribution < -0.4 is 22.5 Å². The minimum Gasteiger partial charge on any atom is -0.381 e. The zero-order valence-electron chi connectivity index (χ0n) is 7.76. The Morgan fingerprint density at radius 2 is 1.00 bits per heavy atom. The predicted molar refractivity (Wildman–Crippen MR) is 53.6 cm³/mol. The highest BCUT2D eigenvalue weighted by atomic mass is 16.5. The van der Waals surface area contributed by atoms with Gasteiger partial charge in [0.1, 0.15) is 0 Å². The molecule has 6 nitrogen and oxygen atoms in total. The van der Waals surface area contributed by atoms with Crippen molar-refractivity contribution in [2.75, 3.05) is 0 Å². The van der Waals surface area contributed by atoms with Crippen molar-refractivity contribution in [3.63, 3.8) is 0 Å². The molecule has 2 rings (SSSR count). The maximum Gasteiger partial charge on any atom is 0.425 e. The molecule has 0 aliphatic carbocycles. The largest absolute Gasteiger partial charge is 0.425 e. The van der Waals surface area contributed by atoms with Gasteiger partial charge in [0, 0.05) is 0 Å². The fraction of sp³-hybridized carbons (Fsp3) is 0. The molecule has 0 saturated carbocycles. The second kappa shape index (κ2) is 3.58. The lowest BCUT2D eigenvalue weighted by Gasteiger charge is -1.87. The summed E-state index contributed by atoms with van der Waals surface area (Å²) in [6.07, 6.45) is 0. The summed E-state index contributed by atoms with van der Waals surface area (Å²) in [6, 6.07) is 5.56. The van der Waals surface area contributed by atoms with Gasteiger partial charge in [-0.1, -0.05) is 12.1 Å². The maximum atomic E-state index is 11.4. The van der Waals surface area contributed by atoms with Crippen LogP contribution in [0.4, 0.5) is 0 Å². The van der Waals surface area contributed by atoms with Crippen LogP contribution >= 0.6 is 0 Å². The zero-order chi connectivity index (χ0) is 11.7. The molecule has 80 valence electrons. The Hall–Kier alpha value is -2.50.